The molecule has 0 spiro atoms. The second kappa shape index (κ2) is 3.70. The molecule has 3 heteroatoms. The molecule has 2 aromatic heterocycles. The third-order valence-corrected chi connectivity index (χ3v) is 4.34. The van der Waals surface area contributed by atoms with Crippen LogP contribution >= 0.6 is 34.9 Å². The predicted molar refractivity (Wildman–Crippen MR) is 65.0 cm³/mol. The fourth-order valence-corrected chi connectivity index (χ4v) is 3.01. The van der Waals surface area contributed by atoms with E-state index in [0.29, 0.717) is 0 Å². The largest absolute Gasteiger partial charge is 0.143 e. The molecule has 2 heterocycles. The van der Waals surface area contributed by atoms with Crippen LogP contribution in [-0.4, -0.2) is 4.86 Å². The van der Waals surface area contributed by atoms with Crippen LogP contribution < -0.4 is 0 Å². The van der Waals surface area contributed by atoms with Crippen molar-refractivity contribution in [3.05, 3.63) is 34.5 Å². The minimum Gasteiger partial charge on any atom is -0.143 e. The molecule has 0 aromatic carbocycles. The minimum atomic E-state index is 0.979. The highest BCUT2D eigenvalue weighted by molar-refractivity contribution is 7.81. The molecule has 0 aliphatic rings. The van der Waals surface area contributed by atoms with Crippen LogP contribution in [0.1, 0.15) is 11.8 Å². The highest BCUT2D eigenvalue weighted by atomic mass is 32.1. The van der Waals surface area contributed by atoms with Gasteiger partial charge in [-0.25, -0.2) is 0 Å². The molecule has 0 atom stereocenters. The van der Waals surface area contributed by atoms with Gasteiger partial charge < -0.3 is 0 Å². The maximum absolute atomic E-state index is 5.12. The average Bonchev–Trinajstić information content (AvgIpc) is 2.75. The second-order valence-electron chi connectivity index (χ2n) is 2.70. The lowest BCUT2D eigenvalue weighted by atomic mass is 10.3. The molecule has 13 heavy (non-hydrogen) atoms. The zero-order chi connectivity index (χ0) is 9.26. The van der Waals surface area contributed by atoms with Crippen LogP contribution in [0, 0.1) is 0 Å². The molecule has 2 aromatic rings. The summed E-state index contributed by atoms with van der Waals surface area (Å²) in [7, 11) is 0. The Kier molecular flexibility index (Phi) is 2.58. The lowest BCUT2D eigenvalue weighted by molar-refractivity contribution is 1.88. The topological polar surface area (TPSA) is 0 Å². The van der Waals surface area contributed by atoms with Gasteiger partial charge >= 0.3 is 0 Å². The molecule has 66 valence electrons. The summed E-state index contributed by atoms with van der Waals surface area (Å²) in [4.78, 5) is 4.83. The van der Waals surface area contributed by atoms with Crippen LogP contribution in [-0.2, 0) is 0 Å². The van der Waals surface area contributed by atoms with Crippen LogP contribution in [0.5, 0.6) is 0 Å². The number of thiophene rings is 2. The summed E-state index contributed by atoms with van der Waals surface area (Å²) in [6.45, 7) is 1.97. The van der Waals surface area contributed by atoms with Crippen LogP contribution in [0.2, 0.25) is 0 Å². The summed E-state index contributed by atoms with van der Waals surface area (Å²) in [6.07, 6.45) is 0. The molecule has 0 aliphatic carbocycles. The Labute approximate surface area is 90.9 Å². The average molecular weight is 224 g/mol. The second-order valence-corrected chi connectivity index (χ2v) is 5.34. The van der Waals surface area contributed by atoms with Crippen LogP contribution in [0.3, 0.4) is 0 Å². The SMILES string of the molecule is CC(=S)c1ccc(-c2cccs2)s1. The zero-order valence-corrected chi connectivity index (χ0v) is 9.56. The fourth-order valence-electron chi connectivity index (χ4n) is 1.08. The van der Waals surface area contributed by atoms with Gasteiger partial charge in [0.25, 0.3) is 0 Å². The summed E-state index contributed by atoms with van der Waals surface area (Å²) in [6, 6.07) is 8.45. The van der Waals surface area contributed by atoms with Crippen molar-refractivity contribution in [1.29, 1.82) is 0 Å². The van der Waals surface area contributed by atoms with Crippen molar-refractivity contribution in [3.8, 4) is 9.75 Å². The van der Waals surface area contributed by atoms with Crippen molar-refractivity contribution in [1.82, 2.24) is 0 Å². The van der Waals surface area contributed by atoms with E-state index >= 15 is 0 Å². The first kappa shape index (κ1) is 9.06. The van der Waals surface area contributed by atoms with E-state index in [1.165, 1.54) is 14.6 Å². The molecule has 0 bridgehead atoms. The Morgan fingerprint density at radius 2 is 2.08 bits per heavy atom. The molecule has 0 saturated carbocycles. The number of hydrogen-bond donors (Lipinski definition) is 0. The highest BCUT2D eigenvalue weighted by Gasteiger charge is 2.03. The standard InChI is InChI=1S/C10H8S3/c1-7(11)8-4-5-10(13-8)9-3-2-6-12-9/h2-6H,1H3. The van der Waals surface area contributed by atoms with E-state index in [4.69, 9.17) is 12.2 Å². The molecule has 0 saturated heterocycles. The van der Waals surface area contributed by atoms with Crippen LogP contribution in [0.25, 0.3) is 9.75 Å². The Morgan fingerprint density at radius 3 is 2.62 bits per heavy atom. The van der Waals surface area contributed by atoms with Gasteiger partial charge in [-0.15, -0.1) is 22.7 Å². The molecule has 0 nitrogen and oxygen atoms in total. The van der Waals surface area contributed by atoms with Crippen molar-refractivity contribution in [2.45, 2.75) is 6.92 Å². The smallest absolute Gasteiger partial charge is 0.0449 e. The lowest BCUT2D eigenvalue weighted by Crippen LogP contribution is -1.80. The lowest BCUT2D eigenvalue weighted by Gasteiger charge is -1.89. The van der Waals surface area contributed by atoms with Crippen LogP contribution in [0.15, 0.2) is 29.6 Å². The van der Waals surface area contributed by atoms with E-state index < -0.39 is 0 Å². The van der Waals surface area contributed by atoms with Gasteiger partial charge in [0.15, 0.2) is 0 Å². The third-order valence-electron chi connectivity index (χ3n) is 1.72. The van der Waals surface area contributed by atoms with Crippen molar-refractivity contribution < 1.29 is 0 Å². The maximum atomic E-state index is 5.12. The Bertz CT molecular complexity index is 409. The summed E-state index contributed by atoms with van der Waals surface area (Å²) in [5, 5.41) is 2.10. The van der Waals surface area contributed by atoms with Gasteiger partial charge in [-0.3, -0.25) is 0 Å². The monoisotopic (exact) mass is 224 g/mol. The highest BCUT2D eigenvalue weighted by Crippen LogP contribution is 2.31. The van der Waals surface area contributed by atoms with Crippen LogP contribution in [0.4, 0.5) is 0 Å². The van der Waals surface area contributed by atoms with Gasteiger partial charge in [-0.05, 0) is 30.5 Å². The van der Waals surface area contributed by atoms with Gasteiger partial charge in [0.1, 0.15) is 0 Å². The number of hydrogen-bond acceptors (Lipinski definition) is 3. The molecular weight excluding hydrogens is 216 g/mol. The molecule has 0 radical (unpaired) electrons. The van der Waals surface area contributed by atoms with Gasteiger partial charge in [-0.2, -0.15) is 0 Å². The van der Waals surface area contributed by atoms with E-state index in [1.54, 1.807) is 22.7 Å². The molecule has 2 rings (SSSR count). The molecule has 0 N–H and O–H groups in total. The quantitative estimate of drug-likeness (QED) is 0.544. The Hall–Kier alpha value is -0.510. The maximum Gasteiger partial charge on any atom is 0.0449 e. The van der Waals surface area contributed by atoms with Crippen molar-refractivity contribution in [2.75, 3.05) is 0 Å². The van der Waals surface area contributed by atoms with Crippen molar-refractivity contribution in [3.63, 3.8) is 0 Å². The number of rotatable bonds is 2. The Morgan fingerprint density at radius 1 is 1.23 bits per heavy atom. The van der Waals surface area contributed by atoms with Crippen molar-refractivity contribution >= 4 is 39.8 Å². The first-order valence-corrected chi connectivity index (χ1v) is 6.02. The first-order chi connectivity index (χ1) is 6.27. The normalized spacial score (nSPS) is 10.2. The zero-order valence-electron chi connectivity index (χ0n) is 7.11. The van der Waals surface area contributed by atoms with E-state index in [9.17, 15) is 0 Å². The number of thiocarbonyl (C=S) groups is 1. The van der Waals surface area contributed by atoms with Gasteiger partial charge in [-0.1, -0.05) is 18.3 Å². The van der Waals surface area contributed by atoms with Gasteiger partial charge in [0, 0.05) is 19.5 Å². The van der Waals surface area contributed by atoms with E-state index in [1.807, 2.05) is 6.92 Å². The van der Waals surface area contributed by atoms with Gasteiger partial charge in [0.05, 0.1) is 0 Å². The predicted octanol–water partition coefficient (Wildman–Crippen LogP) is 4.21. The summed E-state index contributed by atoms with van der Waals surface area (Å²) in [5.41, 5.74) is 0. The van der Waals surface area contributed by atoms with E-state index in [2.05, 4.69) is 29.6 Å². The summed E-state index contributed by atoms with van der Waals surface area (Å²) < 4.78 is 0. The Balaban J connectivity index is 2.39. The molecule has 0 aliphatic heterocycles. The van der Waals surface area contributed by atoms with E-state index in [-0.39, 0.29) is 0 Å². The molecular formula is C10H8S3. The van der Waals surface area contributed by atoms with E-state index in [0.717, 1.165) is 4.86 Å². The summed E-state index contributed by atoms with van der Waals surface area (Å²) >= 11 is 8.65. The summed E-state index contributed by atoms with van der Waals surface area (Å²) in [5.74, 6) is 0. The van der Waals surface area contributed by atoms with Gasteiger partial charge in [0.2, 0.25) is 0 Å². The third kappa shape index (κ3) is 1.88. The minimum absolute atomic E-state index is 0.979. The molecule has 0 unspecified atom stereocenters. The fraction of sp³-hybridized carbons (Fsp3) is 0.100. The van der Waals surface area contributed by atoms with Crippen molar-refractivity contribution in [2.24, 2.45) is 0 Å². The molecule has 0 amide bonds. The first-order valence-electron chi connectivity index (χ1n) is 3.92. The molecule has 0 fully saturated rings.